The van der Waals surface area contributed by atoms with Crippen LogP contribution in [0.15, 0.2) is 47.4 Å². The molecule has 0 saturated heterocycles. The molecular weight excluding hydrogens is 344 g/mol. The van der Waals surface area contributed by atoms with Crippen LogP contribution in [0.5, 0.6) is 0 Å². The van der Waals surface area contributed by atoms with Crippen molar-refractivity contribution >= 4 is 27.6 Å². The van der Waals surface area contributed by atoms with Crippen molar-refractivity contribution in [3.05, 3.63) is 59.2 Å². The Morgan fingerprint density at radius 3 is 2.24 bits per heavy atom. The predicted molar refractivity (Wildman–Crippen MR) is 92.6 cm³/mol. The van der Waals surface area contributed by atoms with E-state index in [1.807, 2.05) is 13.8 Å². The average molecular weight is 362 g/mol. The van der Waals surface area contributed by atoms with Gasteiger partial charge in [0.1, 0.15) is 0 Å². The van der Waals surface area contributed by atoms with Gasteiger partial charge in [0, 0.05) is 5.69 Å². The van der Waals surface area contributed by atoms with E-state index in [1.54, 1.807) is 12.1 Å². The zero-order valence-corrected chi connectivity index (χ0v) is 14.6. The zero-order chi connectivity index (χ0) is 18.6. The number of carbonyl (C=O) groups is 2. The number of hydrogen-bond donors (Lipinski definition) is 2. The number of anilines is 1. The lowest BCUT2D eigenvalue weighted by atomic mass is 10.1. The lowest BCUT2D eigenvalue weighted by Gasteiger charge is -2.10. The Balaban J connectivity index is 2.13. The quantitative estimate of drug-likeness (QED) is 0.760. The molecule has 0 atom stereocenters. The maximum atomic E-state index is 12.4. The van der Waals surface area contributed by atoms with Gasteiger partial charge in [-0.3, -0.25) is 9.52 Å². The molecule has 3 N–H and O–H groups in total. The predicted octanol–water partition coefficient (Wildman–Crippen LogP) is 1.75. The maximum Gasteiger partial charge on any atom is 0.338 e. The third kappa shape index (κ3) is 4.80. The van der Waals surface area contributed by atoms with Gasteiger partial charge in [0.25, 0.3) is 15.9 Å². The molecule has 8 heteroatoms. The minimum absolute atomic E-state index is 0.153. The largest absolute Gasteiger partial charge is 0.452 e. The summed E-state index contributed by atoms with van der Waals surface area (Å²) < 4.78 is 31.9. The number of esters is 1. The first-order chi connectivity index (χ1) is 11.7. The third-order valence-electron chi connectivity index (χ3n) is 3.51. The topological polar surface area (TPSA) is 116 Å². The highest BCUT2D eigenvalue weighted by Crippen LogP contribution is 2.19. The number of ether oxygens (including phenoxy) is 1. The van der Waals surface area contributed by atoms with Crippen molar-refractivity contribution in [2.45, 2.75) is 18.7 Å². The molecule has 0 aliphatic heterocycles. The molecule has 0 spiro atoms. The van der Waals surface area contributed by atoms with Crippen LogP contribution < -0.4 is 10.5 Å². The molecule has 2 aromatic carbocycles. The van der Waals surface area contributed by atoms with Crippen LogP contribution in [0.2, 0.25) is 0 Å². The molecule has 0 aliphatic rings. The van der Waals surface area contributed by atoms with Crippen molar-refractivity contribution in [2.24, 2.45) is 5.73 Å². The van der Waals surface area contributed by atoms with E-state index in [9.17, 15) is 18.0 Å². The van der Waals surface area contributed by atoms with E-state index in [0.29, 0.717) is 5.69 Å². The van der Waals surface area contributed by atoms with Gasteiger partial charge in [-0.05, 0) is 61.4 Å². The molecule has 25 heavy (non-hydrogen) atoms. The summed E-state index contributed by atoms with van der Waals surface area (Å²) in [5.74, 6) is -1.48. The molecule has 0 heterocycles. The molecule has 2 rings (SSSR count). The van der Waals surface area contributed by atoms with Crippen LogP contribution in [0, 0.1) is 13.8 Å². The first-order valence-electron chi connectivity index (χ1n) is 7.34. The van der Waals surface area contributed by atoms with E-state index >= 15 is 0 Å². The van der Waals surface area contributed by atoms with Crippen LogP contribution in [-0.2, 0) is 19.6 Å². The third-order valence-corrected chi connectivity index (χ3v) is 4.89. The molecule has 7 nitrogen and oxygen atoms in total. The summed E-state index contributed by atoms with van der Waals surface area (Å²) in [6.07, 6.45) is 0. The molecule has 2 aromatic rings. The number of carbonyl (C=O) groups excluding carboxylic acids is 2. The van der Waals surface area contributed by atoms with Gasteiger partial charge in [0.05, 0.1) is 10.5 Å². The van der Waals surface area contributed by atoms with Gasteiger partial charge in [-0.25, -0.2) is 13.2 Å². The second kappa shape index (κ2) is 7.35. The summed E-state index contributed by atoms with van der Waals surface area (Å²) in [7, 11) is -3.73. The van der Waals surface area contributed by atoms with Gasteiger partial charge in [0.15, 0.2) is 6.61 Å². The van der Waals surface area contributed by atoms with E-state index in [1.165, 1.54) is 30.3 Å². The fraction of sp³-hybridized carbons (Fsp3) is 0.176. The highest BCUT2D eigenvalue weighted by molar-refractivity contribution is 7.92. The van der Waals surface area contributed by atoms with Gasteiger partial charge in [-0.2, -0.15) is 0 Å². The first kappa shape index (κ1) is 18.5. The minimum atomic E-state index is -3.73. The normalized spacial score (nSPS) is 11.0. The van der Waals surface area contributed by atoms with Crippen LogP contribution >= 0.6 is 0 Å². The molecule has 0 saturated carbocycles. The standard InChI is InChI=1S/C17H18N2O5S/c1-11-3-8-15(9-12(11)2)25(22,23)19-14-6-4-13(5-7-14)17(21)24-10-16(18)20/h3-9,19H,10H2,1-2H3,(H2,18,20). The van der Waals surface area contributed by atoms with Crippen molar-refractivity contribution in [1.82, 2.24) is 0 Å². The zero-order valence-electron chi connectivity index (χ0n) is 13.8. The van der Waals surface area contributed by atoms with Gasteiger partial charge in [-0.1, -0.05) is 6.07 Å². The summed E-state index contributed by atoms with van der Waals surface area (Å²) in [5, 5.41) is 0. The van der Waals surface area contributed by atoms with E-state index in [2.05, 4.69) is 9.46 Å². The van der Waals surface area contributed by atoms with Crippen LogP contribution in [0.3, 0.4) is 0 Å². The Morgan fingerprint density at radius 1 is 1.04 bits per heavy atom. The Hall–Kier alpha value is -2.87. The summed E-state index contributed by atoms with van der Waals surface area (Å²) in [4.78, 5) is 22.4. The molecule has 0 aliphatic carbocycles. The van der Waals surface area contributed by atoms with E-state index in [0.717, 1.165) is 11.1 Å². The fourth-order valence-electron chi connectivity index (χ4n) is 1.99. The SMILES string of the molecule is Cc1ccc(S(=O)(=O)Nc2ccc(C(=O)OCC(N)=O)cc2)cc1C. The van der Waals surface area contributed by atoms with Crippen LogP contribution in [0.4, 0.5) is 5.69 Å². The van der Waals surface area contributed by atoms with Crippen molar-refractivity contribution in [2.75, 3.05) is 11.3 Å². The average Bonchev–Trinajstić information content (AvgIpc) is 2.55. The molecule has 132 valence electrons. The van der Waals surface area contributed by atoms with Crippen LogP contribution in [0.1, 0.15) is 21.5 Å². The van der Waals surface area contributed by atoms with Gasteiger partial charge in [0.2, 0.25) is 0 Å². The Labute approximate surface area is 145 Å². The summed E-state index contributed by atoms with van der Waals surface area (Å²) in [5.41, 5.74) is 7.24. The number of benzene rings is 2. The van der Waals surface area contributed by atoms with Crippen LogP contribution in [-0.4, -0.2) is 26.9 Å². The van der Waals surface area contributed by atoms with Gasteiger partial charge >= 0.3 is 5.97 Å². The molecule has 0 bridgehead atoms. The first-order valence-corrected chi connectivity index (χ1v) is 8.83. The van der Waals surface area contributed by atoms with Gasteiger partial charge in [-0.15, -0.1) is 0 Å². The number of nitrogens with two attached hydrogens (primary N) is 1. The van der Waals surface area contributed by atoms with Crippen LogP contribution in [0.25, 0.3) is 0 Å². The second-order valence-corrected chi connectivity index (χ2v) is 7.15. The Bertz CT molecular complexity index is 905. The monoisotopic (exact) mass is 362 g/mol. The minimum Gasteiger partial charge on any atom is -0.452 e. The van der Waals surface area contributed by atoms with E-state index < -0.39 is 28.5 Å². The van der Waals surface area contributed by atoms with Crippen molar-refractivity contribution in [3.63, 3.8) is 0 Å². The number of sulfonamides is 1. The van der Waals surface area contributed by atoms with Crippen molar-refractivity contribution < 1.29 is 22.7 Å². The van der Waals surface area contributed by atoms with E-state index in [-0.39, 0.29) is 10.5 Å². The molecule has 0 fully saturated rings. The smallest absolute Gasteiger partial charge is 0.338 e. The number of primary amides is 1. The van der Waals surface area contributed by atoms with Crippen molar-refractivity contribution in [3.8, 4) is 0 Å². The number of hydrogen-bond acceptors (Lipinski definition) is 5. The Kier molecular flexibility index (Phi) is 5.43. The number of rotatable bonds is 6. The number of amides is 1. The van der Waals surface area contributed by atoms with Crippen molar-refractivity contribution in [1.29, 1.82) is 0 Å². The molecular formula is C17H18N2O5S. The highest BCUT2D eigenvalue weighted by Gasteiger charge is 2.15. The number of aryl methyl sites for hydroxylation is 2. The molecule has 0 aromatic heterocycles. The fourth-order valence-corrected chi connectivity index (χ4v) is 3.13. The summed E-state index contributed by atoms with van der Waals surface area (Å²) in [6.45, 7) is 3.22. The number of nitrogens with one attached hydrogen (secondary N) is 1. The Morgan fingerprint density at radius 2 is 1.68 bits per heavy atom. The lowest BCUT2D eigenvalue weighted by Crippen LogP contribution is -2.20. The second-order valence-electron chi connectivity index (χ2n) is 5.47. The summed E-state index contributed by atoms with van der Waals surface area (Å²) in [6, 6.07) is 10.5. The van der Waals surface area contributed by atoms with E-state index in [4.69, 9.17) is 5.73 Å². The molecule has 1 amide bonds. The lowest BCUT2D eigenvalue weighted by molar-refractivity contribution is -0.121. The molecule has 0 unspecified atom stereocenters. The van der Waals surface area contributed by atoms with Gasteiger partial charge < -0.3 is 10.5 Å². The highest BCUT2D eigenvalue weighted by atomic mass is 32.2. The maximum absolute atomic E-state index is 12.4. The molecule has 0 radical (unpaired) electrons. The summed E-state index contributed by atoms with van der Waals surface area (Å²) >= 11 is 0.